The Balaban J connectivity index is 1.75. The number of non-ortho nitro benzene ring substituents is 1. The average Bonchev–Trinajstić information content (AvgIpc) is 2.63. The Hall–Kier alpha value is -3.47. The van der Waals surface area contributed by atoms with Crippen LogP contribution in [0.4, 0.5) is 11.4 Å². The summed E-state index contributed by atoms with van der Waals surface area (Å²) in [4.78, 5) is 22.6. The van der Waals surface area contributed by atoms with Crippen molar-refractivity contribution in [2.45, 2.75) is 6.92 Å². The number of anilines is 1. The van der Waals surface area contributed by atoms with Crippen molar-refractivity contribution < 1.29 is 9.72 Å². The number of carbonyl (C=O) groups is 1. The first kappa shape index (κ1) is 16.4. The van der Waals surface area contributed by atoms with Crippen molar-refractivity contribution in [2.24, 2.45) is 0 Å². The molecule has 0 unspecified atom stereocenters. The van der Waals surface area contributed by atoms with Gasteiger partial charge in [0.25, 0.3) is 11.6 Å². The molecule has 1 amide bonds. The van der Waals surface area contributed by atoms with Crippen LogP contribution in [-0.2, 0) is 0 Å². The molecule has 5 nitrogen and oxygen atoms in total. The molecule has 3 rings (SSSR count). The molecule has 25 heavy (non-hydrogen) atoms. The van der Waals surface area contributed by atoms with E-state index in [-0.39, 0.29) is 11.6 Å². The van der Waals surface area contributed by atoms with Crippen LogP contribution in [0, 0.1) is 17.0 Å². The first-order chi connectivity index (χ1) is 12.0. The Kier molecular flexibility index (Phi) is 4.57. The van der Waals surface area contributed by atoms with Crippen molar-refractivity contribution >= 4 is 17.3 Å². The second kappa shape index (κ2) is 6.97. The standard InChI is InChI=1S/C20H16N2O3/c1-14-4-2-3-5-19(14)20(23)21-17-10-6-15(7-11-17)16-8-12-18(13-9-16)22(24)25/h2-13H,1H3,(H,21,23). The minimum Gasteiger partial charge on any atom is -0.322 e. The van der Waals surface area contributed by atoms with Crippen LogP contribution in [0.3, 0.4) is 0 Å². The van der Waals surface area contributed by atoms with Crippen molar-refractivity contribution in [2.75, 3.05) is 5.32 Å². The van der Waals surface area contributed by atoms with Gasteiger partial charge in [0, 0.05) is 23.4 Å². The number of amides is 1. The van der Waals surface area contributed by atoms with E-state index in [9.17, 15) is 14.9 Å². The van der Waals surface area contributed by atoms with Crippen LogP contribution in [-0.4, -0.2) is 10.8 Å². The number of benzene rings is 3. The molecule has 1 N–H and O–H groups in total. The van der Waals surface area contributed by atoms with Crippen LogP contribution in [0.15, 0.2) is 72.8 Å². The van der Waals surface area contributed by atoms with Gasteiger partial charge in [0.15, 0.2) is 0 Å². The number of nitrogens with one attached hydrogen (secondary N) is 1. The highest BCUT2D eigenvalue weighted by Gasteiger charge is 2.09. The second-order valence-corrected chi connectivity index (χ2v) is 5.65. The minimum atomic E-state index is -0.423. The van der Waals surface area contributed by atoms with Crippen LogP contribution in [0.5, 0.6) is 0 Å². The van der Waals surface area contributed by atoms with Gasteiger partial charge in [-0.3, -0.25) is 14.9 Å². The smallest absolute Gasteiger partial charge is 0.269 e. The fourth-order valence-electron chi connectivity index (χ4n) is 2.55. The van der Waals surface area contributed by atoms with Crippen LogP contribution in [0.1, 0.15) is 15.9 Å². The fraction of sp³-hybridized carbons (Fsp3) is 0.0500. The third-order valence-corrected chi connectivity index (χ3v) is 3.94. The number of nitro groups is 1. The van der Waals surface area contributed by atoms with Gasteiger partial charge in [-0.2, -0.15) is 0 Å². The SMILES string of the molecule is Cc1ccccc1C(=O)Nc1ccc(-c2ccc([N+](=O)[O-])cc2)cc1. The molecular weight excluding hydrogens is 316 g/mol. The number of aryl methyl sites for hydroxylation is 1. The molecule has 0 fully saturated rings. The van der Waals surface area contributed by atoms with E-state index in [1.165, 1.54) is 12.1 Å². The van der Waals surface area contributed by atoms with Gasteiger partial charge in [0.1, 0.15) is 0 Å². The molecule has 0 bridgehead atoms. The monoisotopic (exact) mass is 332 g/mol. The summed E-state index contributed by atoms with van der Waals surface area (Å²) in [6.07, 6.45) is 0. The summed E-state index contributed by atoms with van der Waals surface area (Å²) in [5, 5.41) is 13.6. The lowest BCUT2D eigenvalue weighted by molar-refractivity contribution is -0.384. The molecule has 3 aromatic carbocycles. The molecule has 0 atom stereocenters. The van der Waals surface area contributed by atoms with Gasteiger partial charge in [-0.15, -0.1) is 0 Å². The molecule has 5 heteroatoms. The van der Waals surface area contributed by atoms with E-state index in [0.717, 1.165) is 16.7 Å². The molecule has 0 aliphatic rings. The van der Waals surface area contributed by atoms with E-state index in [1.54, 1.807) is 18.2 Å². The third-order valence-electron chi connectivity index (χ3n) is 3.94. The van der Waals surface area contributed by atoms with Gasteiger partial charge >= 0.3 is 0 Å². The molecule has 0 aliphatic carbocycles. The number of rotatable bonds is 4. The fourth-order valence-corrected chi connectivity index (χ4v) is 2.55. The summed E-state index contributed by atoms with van der Waals surface area (Å²) in [6, 6.07) is 21.1. The van der Waals surface area contributed by atoms with Gasteiger partial charge < -0.3 is 5.32 Å². The lowest BCUT2D eigenvalue weighted by Crippen LogP contribution is -2.13. The van der Waals surface area contributed by atoms with E-state index in [0.29, 0.717) is 11.3 Å². The lowest BCUT2D eigenvalue weighted by atomic mass is 10.0. The summed E-state index contributed by atoms with van der Waals surface area (Å²) in [5.74, 6) is -0.152. The average molecular weight is 332 g/mol. The van der Waals surface area contributed by atoms with E-state index >= 15 is 0 Å². The number of nitro benzene ring substituents is 1. The van der Waals surface area contributed by atoms with E-state index in [2.05, 4.69) is 5.32 Å². The summed E-state index contributed by atoms with van der Waals surface area (Å²) >= 11 is 0. The third kappa shape index (κ3) is 3.72. The molecule has 0 aliphatic heterocycles. The molecule has 0 aromatic heterocycles. The maximum atomic E-state index is 12.3. The normalized spacial score (nSPS) is 10.3. The predicted molar refractivity (Wildman–Crippen MR) is 97.7 cm³/mol. The lowest BCUT2D eigenvalue weighted by Gasteiger charge is -2.08. The van der Waals surface area contributed by atoms with Gasteiger partial charge in [0.05, 0.1) is 4.92 Å². The number of hydrogen-bond donors (Lipinski definition) is 1. The highest BCUT2D eigenvalue weighted by molar-refractivity contribution is 6.05. The number of nitrogens with zero attached hydrogens (tertiary/aromatic N) is 1. The van der Waals surface area contributed by atoms with E-state index in [1.807, 2.05) is 49.4 Å². The largest absolute Gasteiger partial charge is 0.322 e. The zero-order valence-corrected chi connectivity index (χ0v) is 13.6. The Bertz CT molecular complexity index is 916. The van der Waals surface area contributed by atoms with Crippen molar-refractivity contribution in [1.29, 1.82) is 0 Å². The first-order valence-corrected chi connectivity index (χ1v) is 7.76. The molecule has 0 spiro atoms. The van der Waals surface area contributed by atoms with Gasteiger partial charge in [-0.05, 0) is 53.9 Å². The van der Waals surface area contributed by atoms with E-state index in [4.69, 9.17) is 0 Å². The van der Waals surface area contributed by atoms with Gasteiger partial charge in [0.2, 0.25) is 0 Å². The quantitative estimate of drug-likeness (QED) is 0.550. The molecule has 0 heterocycles. The van der Waals surface area contributed by atoms with Crippen LogP contribution >= 0.6 is 0 Å². The molecule has 3 aromatic rings. The van der Waals surface area contributed by atoms with Gasteiger partial charge in [-0.25, -0.2) is 0 Å². The number of hydrogen-bond acceptors (Lipinski definition) is 3. The Morgan fingerprint density at radius 1 is 0.880 bits per heavy atom. The zero-order chi connectivity index (χ0) is 17.8. The van der Waals surface area contributed by atoms with Crippen molar-refractivity contribution in [3.63, 3.8) is 0 Å². The summed E-state index contributed by atoms with van der Waals surface area (Å²) < 4.78 is 0. The Morgan fingerprint density at radius 3 is 2.00 bits per heavy atom. The first-order valence-electron chi connectivity index (χ1n) is 7.76. The zero-order valence-electron chi connectivity index (χ0n) is 13.6. The highest BCUT2D eigenvalue weighted by Crippen LogP contribution is 2.24. The summed E-state index contributed by atoms with van der Waals surface area (Å²) in [6.45, 7) is 1.90. The maximum Gasteiger partial charge on any atom is 0.269 e. The second-order valence-electron chi connectivity index (χ2n) is 5.65. The van der Waals surface area contributed by atoms with Crippen molar-refractivity contribution in [1.82, 2.24) is 0 Å². The Morgan fingerprint density at radius 2 is 1.44 bits per heavy atom. The molecule has 0 saturated heterocycles. The maximum absolute atomic E-state index is 12.3. The molecular formula is C20H16N2O3. The number of carbonyl (C=O) groups excluding carboxylic acids is 1. The predicted octanol–water partition coefficient (Wildman–Crippen LogP) is 4.82. The topological polar surface area (TPSA) is 72.2 Å². The van der Waals surface area contributed by atoms with Crippen LogP contribution in [0.25, 0.3) is 11.1 Å². The highest BCUT2D eigenvalue weighted by atomic mass is 16.6. The van der Waals surface area contributed by atoms with E-state index < -0.39 is 4.92 Å². The van der Waals surface area contributed by atoms with Gasteiger partial charge in [-0.1, -0.05) is 30.3 Å². The molecule has 0 saturated carbocycles. The summed E-state index contributed by atoms with van der Waals surface area (Å²) in [7, 11) is 0. The van der Waals surface area contributed by atoms with Crippen LogP contribution in [0.2, 0.25) is 0 Å². The summed E-state index contributed by atoms with van der Waals surface area (Å²) in [5.41, 5.74) is 4.11. The minimum absolute atomic E-state index is 0.0610. The van der Waals surface area contributed by atoms with Crippen molar-refractivity contribution in [3.05, 3.63) is 94.0 Å². The van der Waals surface area contributed by atoms with Crippen molar-refractivity contribution in [3.8, 4) is 11.1 Å². The van der Waals surface area contributed by atoms with Crippen LogP contribution < -0.4 is 5.32 Å². The molecule has 124 valence electrons. The Labute approximate surface area is 145 Å². The molecule has 0 radical (unpaired) electrons.